The van der Waals surface area contributed by atoms with Crippen molar-refractivity contribution in [2.75, 3.05) is 12.4 Å². The molecule has 0 spiro atoms. The number of para-hydroxylation sites is 1. The number of nitrogens with zero attached hydrogens (tertiary/aromatic N) is 3. The van der Waals surface area contributed by atoms with Crippen LogP contribution >= 0.6 is 15.9 Å². The molecule has 2 aliphatic heterocycles. The van der Waals surface area contributed by atoms with Crippen LogP contribution in [0.5, 0.6) is 11.5 Å². The predicted molar refractivity (Wildman–Crippen MR) is 126 cm³/mol. The van der Waals surface area contributed by atoms with Crippen molar-refractivity contribution in [1.82, 2.24) is 14.8 Å². The predicted octanol–water partition coefficient (Wildman–Crippen LogP) is 5.61. The van der Waals surface area contributed by atoms with Gasteiger partial charge < -0.3 is 14.8 Å². The fourth-order valence-corrected chi connectivity index (χ4v) is 5.05. The Labute approximate surface area is 193 Å². The maximum atomic E-state index is 6.61. The molecular formula is C25H19BrN4O2. The number of halogens is 1. The molecule has 0 amide bonds. The monoisotopic (exact) mass is 486 g/mol. The van der Waals surface area contributed by atoms with E-state index in [2.05, 4.69) is 61.7 Å². The van der Waals surface area contributed by atoms with Crippen molar-refractivity contribution in [3.63, 3.8) is 0 Å². The summed E-state index contributed by atoms with van der Waals surface area (Å²) in [4.78, 5) is 4.48. The lowest BCUT2D eigenvalue weighted by molar-refractivity contribution is 0.223. The molecule has 2 aliphatic rings. The van der Waals surface area contributed by atoms with Gasteiger partial charge in [-0.1, -0.05) is 48.5 Å². The number of hydrogen-bond acceptors (Lipinski definition) is 5. The normalized spacial score (nSPS) is 18.7. The molecule has 32 heavy (non-hydrogen) atoms. The van der Waals surface area contributed by atoms with Crippen LogP contribution in [0.2, 0.25) is 0 Å². The van der Waals surface area contributed by atoms with Gasteiger partial charge in [-0.3, -0.25) is 0 Å². The lowest BCUT2D eigenvalue weighted by Gasteiger charge is -2.39. The lowest BCUT2D eigenvalue weighted by atomic mass is 9.84. The summed E-state index contributed by atoms with van der Waals surface area (Å²) in [5, 5.41) is 8.09. The van der Waals surface area contributed by atoms with Crippen LogP contribution < -0.4 is 14.8 Å². The van der Waals surface area contributed by atoms with Crippen molar-refractivity contribution in [3.05, 3.63) is 106 Å². The Hall–Kier alpha value is -3.58. The quantitative estimate of drug-likeness (QED) is 0.407. The zero-order valence-corrected chi connectivity index (χ0v) is 18.8. The zero-order chi connectivity index (χ0) is 21.7. The number of ether oxygens (including phenoxy) is 2. The fraction of sp³-hybridized carbons (Fsp3) is 0.120. The highest BCUT2D eigenvalue weighted by molar-refractivity contribution is 9.10. The van der Waals surface area contributed by atoms with Crippen molar-refractivity contribution < 1.29 is 9.47 Å². The van der Waals surface area contributed by atoms with Gasteiger partial charge in [0.25, 0.3) is 0 Å². The number of nitrogens with one attached hydrogen (secondary N) is 1. The highest BCUT2D eigenvalue weighted by atomic mass is 79.9. The first-order chi connectivity index (χ1) is 15.7. The Kier molecular flexibility index (Phi) is 4.50. The molecule has 3 heterocycles. The van der Waals surface area contributed by atoms with Crippen molar-refractivity contribution in [3.8, 4) is 11.5 Å². The van der Waals surface area contributed by atoms with Gasteiger partial charge in [-0.2, -0.15) is 10.1 Å². The van der Waals surface area contributed by atoms with E-state index in [1.54, 1.807) is 13.4 Å². The molecule has 2 unspecified atom stereocenters. The first kappa shape index (κ1) is 19.1. The fourth-order valence-electron chi connectivity index (χ4n) is 4.49. The number of aromatic nitrogens is 3. The van der Waals surface area contributed by atoms with Crippen molar-refractivity contribution in [2.45, 2.75) is 12.1 Å². The molecule has 0 aliphatic carbocycles. The molecule has 7 heteroatoms. The SMILES string of the molecule is COc1ccc(C2C3=C(Nc4ncnn42)c2ccccc2OC3c2ccccc2)cc1Br. The summed E-state index contributed by atoms with van der Waals surface area (Å²) in [7, 11) is 1.66. The number of hydrogen-bond donors (Lipinski definition) is 1. The van der Waals surface area contributed by atoms with E-state index in [4.69, 9.17) is 9.47 Å². The molecule has 4 aromatic rings. The van der Waals surface area contributed by atoms with Crippen LogP contribution in [0.4, 0.5) is 5.95 Å². The summed E-state index contributed by atoms with van der Waals surface area (Å²) in [6.45, 7) is 0. The molecule has 6 rings (SSSR count). The topological polar surface area (TPSA) is 61.2 Å². The Balaban J connectivity index is 1.62. The maximum Gasteiger partial charge on any atom is 0.226 e. The number of fused-ring (bicyclic) bond motifs is 3. The summed E-state index contributed by atoms with van der Waals surface area (Å²) < 4.78 is 14.9. The van der Waals surface area contributed by atoms with E-state index in [-0.39, 0.29) is 12.1 Å². The van der Waals surface area contributed by atoms with E-state index in [9.17, 15) is 0 Å². The van der Waals surface area contributed by atoms with Crippen molar-refractivity contribution in [2.24, 2.45) is 0 Å². The molecule has 3 aromatic carbocycles. The second-order valence-electron chi connectivity index (χ2n) is 7.68. The third-order valence-corrected chi connectivity index (χ3v) is 6.54. The van der Waals surface area contributed by atoms with Gasteiger partial charge in [-0.05, 0) is 51.3 Å². The van der Waals surface area contributed by atoms with Crippen molar-refractivity contribution in [1.29, 1.82) is 0 Å². The minimum Gasteiger partial charge on any atom is -0.496 e. The Morgan fingerprint density at radius 2 is 1.81 bits per heavy atom. The van der Waals surface area contributed by atoms with Crippen LogP contribution in [0.3, 0.4) is 0 Å². The molecule has 158 valence electrons. The number of benzene rings is 3. The van der Waals surface area contributed by atoms with E-state index >= 15 is 0 Å². The minimum atomic E-state index is -0.281. The smallest absolute Gasteiger partial charge is 0.226 e. The molecule has 0 bridgehead atoms. The molecule has 0 saturated heterocycles. The largest absolute Gasteiger partial charge is 0.496 e. The van der Waals surface area contributed by atoms with Crippen LogP contribution in [0, 0.1) is 0 Å². The Morgan fingerprint density at radius 1 is 1.00 bits per heavy atom. The summed E-state index contributed by atoms with van der Waals surface area (Å²) in [6.07, 6.45) is 1.30. The van der Waals surface area contributed by atoms with Gasteiger partial charge >= 0.3 is 0 Å². The van der Waals surface area contributed by atoms with Crippen molar-refractivity contribution >= 4 is 27.6 Å². The van der Waals surface area contributed by atoms with Gasteiger partial charge in [0.1, 0.15) is 30.0 Å². The third-order valence-electron chi connectivity index (χ3n) is 5.92. The molecule has 0 fully saturated rings. The van der Waals surface area contributed by atoms with E-state index in [0.717, 1.165) is 43.9 Å². The highest BCUT2D eigenvalue weighted by Gasteiger charge is 2.40. The molecule has 0 saturated carbocycles. The summed E-state index contributed by atoms with van der Waals surface area (Å²) >= 11 is 3.65. The van der Waals surface area contributed by atoms with E-state index in [1.807, 2.05) is 47.1 Å². The Bertz CT molecular complexity index is 1350. The summed E-state index contributed by atoms with van der Waals surface area (Å²) in [6, 6.07) is 24.3. The maximum absolute atomic E-state index is 6.61. The molecule has 6 nitrogen and oxygen atoms in total. The van der Waals surface area contributed by atoms with Gasteiger partial charge in [0, 0.05) is 11.1 Å². The van der Waals surface area contributed by atoms with Crippen LogP contribution in [0.25, 0.3) is 5.70 Å². The standard InChI is InChI=1S/C25H19BrN4O2/c1-31-20-12-11-16(13-18(20)26)23-21-22(29-25-27-14-28-30(23)25)17-9-5-6-10-19(17)32-24(21)15-7-3-2-4-8-15/h2-14,23-24H,1H3,(H,27,28,29). The van der Waals surface area contributed by atoms with Gasteiger partial charge in [0.05, 0.1) is 17.3 Å². The van der Waals surface area contributed by atoms with Gasteiger partial charge in [0.2, 0.25) is 5.95 Å². The third kappa shape index (κ3) is 2.92. The van der Waals surface area contributed by atoms with Crippen LogP contribution in [-0.4, -0.2) is 21.9 Å². The second-order valence-corrected chi connectivity index (χ2v) is 8.54. The molecule has 2 atom stereocenters. The highest BCUT2D eigenvalue weighted by Crippen LogP contribution is 2.50. The molecule has 0 radical (unpaired) electrons. The molecule has 1 aromatic heterocycles. The van der Waals surface area contributed by atoms with Gasteiger partial charge in [-0.15, -0.1) is 0 Å². The average Bonchev–Trinajstić information content (AvgIpc) is 3.31. The summed E-state index contributed by atoms with van der Waals surface area (Å²) in [5.41, 5.74) is 5.25. The minimum absolute atomic E-state index is 0.204. The average molecular weight is 487 g/mol. The summed E-state index contributed by atoms with van der Waals surface area (Å²) in [5.74, 6) is 2.32. The lowest BCUT2D eigenvalue weighted by Crippen LogP contribution is -2.32. The Morgan fingerprint density at radius 3 is 2.62 bits per heavy atom. The van der Waals surface area contributed by atoms with Crippen LogP contribution in [-0.2, 0) is 0 Å². The molecular weight excluding hydrogens is 468 g/mol. The second kappa shape index (κ2) is 7.53. The first-order valence-electron chi connectivity index (χ1n) is 10.3. The first-order valence-corrected chi connectivity index (χ1v) is 11.1. The van der Waals surface area contributed by atoms with E-state index < -0.39 is 0 Å². The van der Waals surface area contributed by atoms with Crippen LogP contribution in [0.15, 0.2) is 89.2 Å². The van der Waals surface area contributed by atoms with E-state index in [1.165, 1.54) is 0 Å². The van der Waals surface area contributed by atoms with E-state index in [0.29, 0.717) is 5.95 Å². The van der Waals surface area contributed by atoms with Gasteiger partial charge in [-0.25, -0.2) is 4.68 Å². The molecule has 1 N–H and O–H groups in total. The number of rotatable bonds is 3. The van der Waals surface area contributed by atoms with Crippen LogP contribution in [0.1, 0.15) is 28.8 Å². The zero-order valence-electron chi connectivity index (χ0n) is 17.2. The number of anilines is 1. The van der Waals surface area contributed by atoms with Gasteiger partial charge in [0.15, 0.2) is 0 Å². The number of methoxy groups -OCH3 is 1.